The molecule has 1 atom stereocenters. The lowest BCUT2D eigenvalue weighted by Gasteiger charge is -2.47. The van der Waals surface area contributed by atoms with Gasteiger partial charge in [0.1, 0.15) is 18.1 Å². The van der Waals surface area contributed by atoms with E-state index in [-0.39, 0.29) is 31.5 Å². The van der Waals surface area contributed by atoms with Gasteiger partial charge in [-0.15, -0.1) is 0 Å². The van der Waals surface area contributed by atoms with E-state index in [0.29, 0.717) is 19.3 Å². The summed E-state index contributed by atoms with van der Waals surface area (Å²) >= 11 is 0. The summed E-state index contributed by atoms with van der Waals surface area (Å²) in [6.07, 6.45) is 0.992. The predicted octanol–water partition coefficient (Wildman–Crippen LogP) is 4.02. The fourth-order valence-electron chi connectivity index (χ4n) is 4.90. The predicted molar refractivity (Wildman–Crippen MR) is 124 cm³/mol. The average Bonchev–Trinajstić information content (AvgIpc) is 3.10. The summed E-state index contributed by atoms with van der Waals surface area (Å²) in [5, 5.41) is 12.2. The molecule has 33 heavy (non-hydrogen) atoms. The number of rotatable bonds is 8. The Morgan fingerprint density at radius 1 is 1.06 bits per heavy atom. The molecule has 0 bridgehead atoms. The van der Waals surface area contributed by atoms with Crippen LogP contribution in [0.25, 0.3) is 11.1 Å². The number of hydrogen-bond acceptors (Lipinski definition) is 4. The molecule has 0 unspecified atom stereocenters. The van der Waals surface area contributed by atoms with Gasteiger partial charge < -0.3 is 20.1 Å². The van der Waals surface area contributed by atoms with E-state index in [0.717, 1.165) is 22.3 Å². The third-order valence-electron chi connectivity index (χ3n) is 6.94. The SMILES string of the molecule is CCC[C@@H](NC(=O)OCC1c2ccccc2-c2ccccc21)C(=O)N1CC(CC)(C(=O)O)C1. The molecule has 1 aliphatic carbocycles. The third kappa shape index (κ3) is 4.19. The van der Waals surface area contributed by atoms with Crippen LogP contribution < -0.4 is 5.32 Å². The molecule has 2 aliphatic rings. The number of ether oxygens (including phenoxy) is 1. The maximum atomic E-state index is 12.9. The van der Waals surface area contributed by atoms with E-state index in [9.17, 15) is 19.5 Å². The summed E-state index contributed by atoms with van der Waals surface area (Å²) in [6.45, 7) is 4.26. The van der Waals surface area contributed by atoms with Crippen LogP contribution in [-0.2, 0) is 14.3 Å². The second-order valence-electron chi connectivity index (χ2n) is 8.94. The van der Waals surface area contributed by atoms with Crippen LogP contribution in [0.5, 0.6) is 0 Å². The van der Waals surface area contributed by atoms with Crippen LogP contribution in [0, 0.1) is 5.41 Å². The van der Waals surface area contributed by atoms with E-state index in [1.807, 2.05) is 38.1 Å². The largest absolute Gasteiger partial charge is 0.481 e. The van der Waals surface area contributed by atoms with E-state index in [1.165, 1.54) is 4.90 Å². The molecule has 1 saturated heterocycles. The average molecular weight is 451 g/mol. The van der Waals surface area contributed by atoms with Gasteiger partial charge in [0, 0.05) is 19.0 Å². The summed E-state index contributed by atoms with van der Waals surface area (Å²) in [5.41, 5.74) is 3.67. The Labute approximate surface area is 193 Å². The van der Waals surface area contributed by atoms with Gasteiger partial charge in [-0.25, -0.2) is 4.79 Å². The van der Waals surface area contributed by atoms with Gasteiger partial charge in [-0.2, -0.15) is 0 Å². The van der Waals surface area contributed by atoms with Crippen molar-refractivity contribution in [2.75, 3.05) is 19.7 Å². The zero-order valence-corrected chi connectivity index (χ0v) is 19.0. The zero-order chi connectivity index (χ0) is 23.6. The summed E-state index contributed by atoms with van der Waals surface area (Å²) in [5.74, 6) is -1.19. The molecule has 0 spiro atoms. The fraction of sp³-hybridized carbons (Fsp3) is 0.423. The van der Waals surface area contributed by atoms with Gasteiger partial charge in [0.25, 0.3) is 0 Å². The van der Waals surface area contributed by atoms with Crippen molar-refractivity contribution >= 4 is 18.0 Å². The fourth-order valence-corrected chi connectivity index (χ4v) is 4.90. The van der Waals surface area contributed by atoms with Gasteiger partial charge in [0.2, 0.25) is 5.91 Å². The Kier molecular flexibility index (Phi) is 6.40. The third-order valence-corrected chi connectivity index (χ3v) is 6.94. The molecule has 2 aromatic rings. The normalized spacial score (nSPS) is 16.8. The number of benzene rings is 2. The minimum absolute atomic E-state index is 0.0559. The van der Waals surface area contributed by atoms with Crippen molar-refractivity contribution < 1.29 is 24.2 Å². The van der Waals surface area contributed by atoms with E-state index in [4.69, 9.17) is 4.74 Å². The highest BCUT2D eigenvalue weighted by Crippen LogP contribution is 2.44. The second kappa shape index (κ2) is 9.25. The van der Waals surface area contributed by atoms with Gasteiger partial charge in [0.15, 0.2) is 0 Å². The first-order chi connectivity index (χ1) is 15.9. The first-order valence-electron chi connectivity index (χ1n) is 11.5. The van der Waals surface area contributed by atoms with Crippen LogP contribution in [0.15, 0.2) is 48.5 Å². The smallest absolute Gasteiger partial charge is 0.407 e. The van der Waals surface area contributed by atoms with Crippen molar-refractivity contribution in [2.45, 2.75) is 45.1 Å². The zero-order valence-electron chi connectivity index (χ0n) is 19.0. The molecule has 0 radical (unpaired) electrons. The summed E-state index contributed by atoms with van der Waals surface area (Å²) in [6, 6.07) is 15.5. The van der Waals surface area contributed by atoms with Crippen molar-refractivity contribution in [1.82, 2.24) is 10.2 Å². The number of hydrogen-bond donors (Lipinski definition) is 2. The highest BCUT2D eigenvalue weighted by Gasteiger charge is 2.50. The number of nitrogens with one attached hydrogen (secondary N) is 1. The maximum Gasteiger partial charge on any atom is 0.407 e. The van der Waals surface area contributed by atoms with E-state index < -0.39 is 23.5 Å². The molecule has 2 amide bonds. The van der Waals surface area contributed by atoms with Crippen molar-refractivity contribution in [3.8, 4) is 11.1 Å². The minimum Gasteiger partial charge on any atom is -0.481 e. The molecule has 1 heterocycles. The van der Waals surface area contributed by atoms with Crippen molar-refractivity contribution in [3.63, 3.8) is 0 Å². The molecule has 1 aliphatic heterocycles. The van der Waals surface area contributed by atoms with Gasteiger partial charge in [-0.05, 0) is 35.1 Å². The van der Waals surface area contributed by atoms with E-state index >= 15 is 0 Å². The molecule has 0 aromatic heterocycles. The number of nitrogens with zero attached hydrogens (tertiary/aromatic N) is 1. The van der Waals surface area contributed by atoms with Gasteiger partial charge in [0.05, 0.1) is 0 Å². The lowest BCUT2D eigenvalue weighted by atomic mass is 9.77. The van der Waals surface area contributed by atoms with Crippen molar-refractivity contribution in [2.24, 2.45) is 5.41 Å². The molecule has 1 fully saturated rings. The van der Waals surface area contributed by atoms with Crippen LogP contribution in [-0.4, -0.2) is 53.7 Å². The molecule has 2 N–H and O–H groups in total. The highest BCUT2D eigenvalue weighted by molar-refractivity contribution is 5.89. The number of fused-ring (bicyclic) bond motifs is 3. The van der Waals surface area contributed by atoms with Crippen LogP contribution >= 0.6 is 0 Å². The van der Waals surface area contributed by atoms with Crippen LogP contribution in [0.1, 0.15) is 50.2 Å². The monoisotopic (exact) mass is 450 g/mol. The van der Waals surface area contributed by atoms with Gasteiger partial charge in [-0.1, -0.05) is 68.8 Å². The number of likely N-dealkylation sites (tertiary alicyclic amines) is 1. The van der Waals surface area contributed by atoms with Crippen molar-refractivity contribution in [1.29, 1.82) is 0 Å². The quantitative estimate of drug-likeness (QED) is 0.633. The number of carboxylic acids is 1. The molecule has 7 nitrogen and oxygen atoms in total. The molecular formula is C26H30N2O5. The number of carbonyl (C=O) groups is 3. The molecular weight excluding hydrogens is 420 g/mol. The van der Waals surface area contributed by atoms with Crippen LogP contribution in [0.4, 0.5) is 4.79 Å². The minimum atomic E-state index is -0.884. The highest BCUT2D eigenvalue weighted by atomic mass is 16.5. The lowest BCUT2D eigenvalue weighted by molar-refractivity contribution is -0.167. The summed E-state index contributed by atoms with van der Waals surface area (Å²) in [7, 11) is 0. The Hall–Kier alpha value is -3.35. The number of aliphatic carboxylic acids is 1. The van der Waals surface area contributed by atoms with Crippen molar-refractivity contribution in [3.05, 3.63) is 59.7 Å². The summed E-state index contributed by atoms with van der Waals surface area (Å²) < 4.78 is 5.58. The first-order valence-corrected chi connectivity index (χ1v) is 11.5. The Morgan fingerprint density at radius 3 is 2.15 bits per heavy atom. The number of carbonyl (C=O) groups excluding carboxylic acids is 2. The molecule has 2 aromatic carbocycles. The first kappa shape index (κ1) is 22.8. The summed E-state index contributed by atoms with van der Waals surface area (Å²) in [4.78, 5) is 38.6. The maximum absolute atomic E-state index is 12.9. The van der Waals surface area contributed by atoms with Gasteiger partial charge in [-0.3, -0.25) is 9.59 Å². The standard InChI is InChI=1S/C26H30N2O5/c1-3-9-22(23(29)28-15-26(4-2,16-28)24(30)31)27-25(32)33-14-21-19-12-7-5-10-17(19)18-11-6-8-13-20(18)21/h5-8,10-13,21-22H,3-4,9,14-16H2,1-2H3,(H,27,32)(H,30,31)/t22-/m1/s1. The molecule has 0 saturated carbocycles. The van der Waals surface area contributed by atoms with E-state index in [1.54, 1.807) is 0 Å². The van der Waals surface area contributed by atoms with Gasteiger partial charge >= 0.3 is 12.1 Å². The lowest BCUT2D eigenvalue weighted by Crippen LogP contribution is -2.65. The topological polar surface area (TPSA) is 95.9 Å². The Bertz CT molecular complexity index is 1010. The van der Waals surface area contributed by atoms with Crippen LogP contribution in [0.3, 0.4) is 0 Å². The number of amides is 2. The number of alkyl carbamates (subject to hydrolysis) is 1. The number of carboxylic acid groups (broad SMARTS) is 1. The Balaban J connectivity index is 1.38. The molecule has 7 heteroatoms. The van der Waals surface area contributed by atoms with E-state index in [2.05, 4.69) is 29.6 Å². The molecule has 4 rings (SSSR count). The molecule has 174 valence electrons. The van der Waals surface area contributed by atoms with Crippen LogP contribution in [0.2, 0.25) is 0 Å². The second-order valence-corrected chi connectivity index (χ2v) is 8.94. The Morgan fingerprint density at radius 2 is 1.64 bits per heavy atom.